The minimum atomic E-state index is -0.322. The predicted octanol–water partition coefficient (Wildman–Crippen LogP) is -1.30. The third-order valence-electron chi connectivity index (χ3n) is 1.35. The second-order valence-electron chi connectivity index (χ2n) is 2.04. The van der Waals surface area contributed by atoms with Crippen LogP contribution in [0.15, 0.2) is 12.3 Å². The van der Waals surface area contributed by atoms with Crippen molar-refractivity contribution in [3.63, 3.8) is 0 Å². The number of nitrogens with two attached hydrogens (primary N) is 1. The Bertz CT molecular complexity index is 127. The predicted molar refractivity (Wildman–Crippen MR) is 34.5 cm³/mol. The minimum absolute atomic E-state index is 0.0214. The number of nitrogens with zero attached hydrogens (tertiary/aromatic N) is 2. The molecule has 0 radical (unpaired) electrons. The molecule has 1 heterocycles. The Kier molecular flexibility index (Phi) is 2.23. The minimum Gasteiger partial charge on any atom is -0.395 e. The molecule has 1 unspecified atom stereocenters. The fraction of sp³-hybridized carbons (Fsp3) is 0.600. The van der Waals surface area contributed by atoms with Gasteiger partial charge in [0.05, 0.1) is 12.8 Å². The summed E-state index contributed by atoms with van der Waals surface area (Å²) in [6.45, 7) is 0.317. The summed E-state index contributed by atoms with van der Waals surface area (Å²) in [4.78, 5) is 0. The SMILES string of the molecule is NC1C=CN(O)N1CCO. The van der Waals surface area contributed by atoms with E-state index in [-0.39, 0.29) is 12.8 Å². The lowest BCUT2D eigenvalue weighted by atomic mass is 10.5. The van der Waals surface area contributed by atoms with Gasteiger partial charge in [0.15, 0.2) is 0 Å². The van der Waals surface area contributed by atoms with Crippen molar-refractivity contribution < 1.29 is 10.3 Å². The molecule has 0 bridgehead atoms. The largest absolute Gasteiger partial charge is 0.395 e. The molecule has 0 aromatic heterocycles. The Morgan fingerprint density at radius 1 is 1.60 bits per heavy atom. The molecule has 0 amide bonds. The number of aliphatic hydroxyl groups excluding tert-OH is 1. The number of hydroxylamine groups is 1. The summed E-state index contributed by atoms with van der Waals surface area (Å²) in [6.07, 6.45) is 2.76. The smallest absolute Gasteiger partial charge is 0.0987 e. The van der Waals surface area contributed by atoms with Crippen molar-refractivity contribution in [2.24, 2.45) is 5.73 Å². The van der Waals surface area contributed by atoms with Gasteiger partial charge in [-0.1, -0.05) is 0 Å². The molecule has 1 atom stereocenters. The summed E-state index contributed by atoms with van der Waals surface area (Å²) >= 11 is 0. The Balaban J connectivity index is 2.43. The van der Waals surface area contributed by atoms with Crippen LogP contribution >= 0.6 is 0 Å². The zero-order valence-corrected chi connectivity index (χ0v) is 5.51. The highest BCUT2D eigenvalue weighted by atomic mass is 16.6. The van der Waals surface area contributed by atoms with Crippen LogP contribution in [0.3, 0.4) is 0 Å². The van der Waals surface area contributed by atoms with Gasteiger partial charge in [0.1, 0.15) is 0 Å². The molecule has 1 aliphatic rings. The fourth-order valence-corrected chi connectivity index (χ4v) is 0.841. The molecule has 0 aliphatic carbocycles. The Hall–Kier alpha value is -0.620. The third kappa shape index (κ3) is 1.27. The topological polar surface area (TPSA) is 73.0 Å². The van der Waals surface area contributed by atoms with Crippen LogP contribution in [0.1, 0.15) is 0 Å². The average molecular weight is 145 g/mol. The first kappa shape index (κ1) is 7.49. The quantitative estimate of drug-likeness (QED) is 0.450. The van der Waals surface area contributed by atoms with Crippen LogP contribution in [0.25, 0.3) is 0 Å². The molecular formula is C5H11N3O2. The molecule has 0 fully saturated rings. The van der Waals surface area contributed by atoms with Crippen LogP contribution in [-0.4, -0.2) is 39.8 Å². The van der Waals surface area contributed by atoms with Crippen molar-refractivity contribution in [3.05, 3.63) is 12.3 Å². The highest BCUT2D eigenvalue weighted by Gasteiger charge is 2.20. The van der Waals surface area contributed by atoms with E-state index in [1.54, 1.807) is 6.08 Å². The van der Waals surface area contributed by atoms with Gasteiger partial charge >= 0.3 is 0 Å². The van der Waals surface area contributed by atoms with Crippen molar-refractivity contribution >= 4 is 0 Å². The summed E-state index contributed by atoms with van der Waals surface area (Å²) in [5.74, 6) is 0. The monoisotopic (exact) mass is 145 g/mol. The zero-order valence-electron chi connectivity index (χ0n) is 5.51. The van der Waals surface area contributed by atoms with E-state index in [2.05, 4.69) is 0 Å². The van der Waals surface area contributed by atoms with E-state index in [1.165, 1.54) is 11.2 Å². The van der Waals surface area contributed by atoms with Crippen LogP contribution in [0, 0.1) is 0 Å². The van der Waals surface area contributed by atoms with Crippen molar-refractivity contribution in [1.82, 2.24) is 10.2 Å². The summed E-state index contributed by atoms with van der Waals surface area (Å²) in [5.41, 5.74) is 5.48. The second kappa shape index (κ2) is 2.98. The van der Waals surface area contributed by atoms with Crippen LogP contribution < -0.4 is 5.73 Å². The maximum absolute atomic E-state index is 8.97. The molecule has 1 rings (SSSR count). The number of hydrazine groups is 1. The zero-order chi connectivity index (χ0) is 7.56. The Morgan fingerprint density at radius 2 is 2.30 bits per heavy atom. The fourth-order valence-electron chi connectivity index (χ4n) is 0.841. The van der Waals surface area contributed by atoms with Gasteiger partial charge in [-0.15, -0.1) is 0 Å². The lowest BCUT2D eigenvalue weighted by Gasteiger charge is -2.25. The van der Waals surface area contributed by atoms with Gasteiger partial charge in [0.2, 0.25) is 0 Å². The molecule has 0 spiro atoms. The van der Waals surface area contributed by atoms with Gasteiger partial charge < -0.3 is 10.8 Å². The summed E-state index contributed by atoms with van der Waals surface area (Å²) < 4.78 is 0. The molecule has 0 saturated carbocycles. The van der Waals surface area contributed by atoms with Crippen molar-refractivity contribution in [2.45, 2.75) is 6.17 Å². The maximum atomic E-state index is 8.97. The molecular weight excluding hydrogens is 134 g/mol. The highest BCUT2D eigenvalue weighted by molar-refractivity contribution is 4.94. The molecule has 0 saturated heterocycles. The van der Waals surface area contributed by atoms with Crippen LogP contribution in [0.2, 0.25) is 0 Å². The van der Waals surface area contributed by atoms with Gasteiger partial charge in [0, 0.05) is 12.7 Å². The molecule has 5 heteroatoms. The number of aliphatic hydroxyl groups is 1. The lowest BCUT2D eigenvalue weighted by molar-refractivity contribution is -0.207. The number of β-amino-alcohol motifs (C(OH)–C–C–N with tert-alkyl or cyclic N) is 1. The van der Waals surface area contributed by atoms with E-state index in [0.29, 0.717) is 6.54 Å². The van der Waals surface area contributed by atoms with Crippen molar-refractivity contribution in [3.8, 4) is 0 Å². The van der Waals surface area contributed by atoms with E-state index < -0.39 is 0 Å². The van der Waals surface area contributed by atoms with Gasteiger partial charge in [-0.2, -0.15) is 10.2 Å². The lowest BCUT2D eigenvalue weighted by Crippen LogP contribution is -2.45. The first-order valence-corrected chi connectivity index (χ1v) is 3.05. The summed E-state index contributed by atoms with van der Waals surface area (Å²) in [5, 5.41) is 19.8. The second-order valence-corrected chi connectivity index (χ2v) is 2.04. The first-order chi connectivity index (χ1) is 4.75. The van der Waals surface area contributed by atoms with Crippen LogP contribution in [0.5, 0.6) is 0 Å². The average Bonchev–Trinajstić information content (AvgIpc) is 2.20. The molecule has 5 nitrogen and oxygen atoms in total. The Morgan fingerprint density at radius 3 is 2.70 bits per heavy atom. The Labute approximate surface area is 58.9 Å². The van der Waals surface area contributed by atoms with E-state index in [9.17, 15) is 0 Å². The van der Waals surface area contributed by atoms with Gasteiger partial charge in [-0.3, -0.25) is 5.21 Å². The molecule has 10 heavy (non-hydrogen) atoms. The molecule has 58 valence electrons. The molecule has 0 aromatic rings. The molecule has 4 N–H and O–H groups in total. The number of rotatable bonds is 2. The van der Waals surface area contributed by atoms with Crippen molar-refractivity contribution in [1.29, 1.82) is 0 Å². The first-order valence-electron chi connectivity index (χ1n) is 3.05. The van der Waals surface area contributed by atoms with Crippen LogP contribution in [-0.2, 0) is 0 Å². The normalized spacial score (nSPS) is 26.3. The van der Waals surface area contributed by atoms with Gasteiger partial charge in [-0.25, -0.2) is 0 Å². The highest BCUT2D eigenvalue weighted by Crippen LogP contribution is 2.07. The number of hydrogen-bond donors (Lipinski definition) is 3. The summed E-state index contributed by atoms with van der Waals surface area (Å²) in [7, 11) is 0. The third-order valence-corrected chi connectivity index (χ3v) is 1.35. The van der Waals surface area contributed by atoms with E-state index >= 15 is 0 Å². The van der Waals surface area contributed by atoms with Gasteiger partial charge in [-0.05, 0) is 6.08 Å². The van der Waals surface area contributed by atoms with E-state index in [1.807, 2.05) is 0 Å². The summed E-state index contributed by atoms with van der Waals surface area (Å²) in [6, 6.07) is 0. The van der Waals surface area contributed by atoms with E-state index in [4.69, 9.17) is 16.0 Å². The molecule has 0 aromatic carbocycles. The standard InChI is InChI=1S/C5H11N3O2/c6-5-1-2-8(10)7(5)3-4-9/h1-2,5,9-10H,3-4,6H2. The van der Waals surface area contributed by atoms with Crippen LogP contribution in [0.4, 0.5) is 0 Å². The molecule has 1 aliphatic heterocycles. The van der Waals surface area contributed by atoms with Crippen molar-refractivity contribution in [2.75, 3.05) is 13.2 Å². The van der Waals surface area contributed by atoms with E-state index in [0.717, 1.165) is 5.17 Å². The maximum Gasteiger partial charge on any atom is 0.0987 e. The van der Waals surface area contributed by atoms with Gasteiger partial charge in [0.25, 0.3) is 0 Å². The number of hydrogen-bond acceptors (Lipinski definition) is 5.